The number of guanidine groups is 1. The molecule has 30 heavy (non-hydrogen) atoms. The molecule has 0 aromatic heterocycles. The molecule has 0 atom stereocenters. The molecule has 6 nitrogen and oxygen atoms in total. The number of piperidine rings is 1. The molecule has 1 amide bonds. The summed E-state index contributed by atoms with van der Waals surface area (Å²) in [5.41, 5.74) is 8.16. The molecule has 166 valence electrons. The van der Waals surface area contributed by atoms with Crippen molar-refractivity contribution in [1.29, 1.82) is 0 Å². The maximum atomic E-state index is 11.2. The number of rotatable bonds is 7. The summed E-state index contributed by atoms with van der Waals surface area (Å²) >= 11 is 0. The Kier molecular flexibility index (Phi) is 10.6. The number of nitrogens with zero attached hydrogens (tertiary/aromatic N) is 3. The Morgan fingerprint density at radius 3 is 2.50 bits per heavy atom. The van der Waals surface area contributed by atoms with Crippen LogP contribution in [0.2, 0.25) is 0 Å². The molecular formula is C23H36IN5O. The topological polar surface area (TPSA) is 74.0 Å². The van der Waals surface area contributed by atoms with E-state index in [-0.39, 0.29) is 35.8 Å². The van der Waals surface area contributed by atoms with Gasteiger partial charge in [0, 0.05) is 32.6 Å². The molecule has 1 aromatic carbocycles. The summed E-state index contributed by atoms with van der Waals surface area (Å²) in [6.07, 6.45) is 7.46. The maximum absolute atomic E-state index is 11.2. The fourth-order valence-electron chi connectivity index (χ4n) is 4.21. The summed E-state index contributed by atoms with van der Waals surface area (Å²) in [5, 5.41) is 3.52. The monoisotopic (exact) mass is 525 g/mol. The summed E-state index contributed by atoms with van der Waals surface area (Å²) in [7, 11) is 1.86. The van der Waals surface area contributed by atoms with Gasteiger partial charge in [0.05, 0.1) is 0 Å². The minimum atomic E-state index is -0.135. The van der Waals surface area contributed by atoms with Crippen LogP contribution in [0.3, 0.4) is 0 Å². The Labute approximate surface area is 198 Å². The third kappa shape index (κ3) is 7.27. The first kappa shape index (κ1) is 24.7. The summed E-state index contributed by atoms with van der Waals surface area (Å²) in [6, 6.07) is 10.6. The number of benzene rings is 1. The van der Waals surface area contributed by atoms with E-state index in [0.29, 0.717) is 0 Å². The Hall–Kier alpha value is -1.61. The average molecular weight is 525 g/mol. The zero-order valence-corrected chi connectivity index (χ0v) is 20.4. The number of amides is 1. The van der Waals surface area contributed by atoms with Crippen LogP contribution in [-0.4, -0.2) is 68.0 Å². The minimum Gasteiger partial charge on any atom is -0.369 e. The van der Waals surface area contributed by atoms with Crippen LogP contribution in [0, 0.1) is 5.92 Å². The Balaban J connectivity index is 0.00000320. The lowest BCUT2D eigenvalue weighted by atomic mass is 9.96. The lowest BCUT2D eigenvalue weighted by Gasteiger charge is -2.31. The van der Waals surface area contributed by atoms with Crippen LogP contribution in [0.5, 0.6) is 0 Å². The highest BCUT2D eigenvalue weighted by Crippen LogP contribution is 2.22. The molecule has 1 fully saturated rings. The highest BCUT2D eigenvalue weighted by atomic mass is 127. The van der Waals surface area contributed by atoms with Gasteiger partial charge in [-0.05, 0) is 62.9 Å². The lowest BCUT2D eigenvalue weighted by Crippen LogP contribution is -2.44. The van der Waals surface area contributed by atoms with Crippen molar-refractivity contribution >= 4 is 41.4 Å². The van der Waals surface area contributed by atoms with E-state index in [2.05, 4.69) is 56.5 Å². The van der Waals surface area contributed by atoms with Crippen LogP contribution in [0.4, 0.5) is 0 Å². The Bertz CT molecular complexity index is 714. The van der Waals surface area contributed by atoms with Crippen molar-refractivity contribution in [3.05, 3.63) is 42.0 Å². The van der Waals surface area contributed by atoms with Crippen LogP contribution >= 0.6 is 24.0 Å². The first-order chi connectivity index (χ1) is 14.2. The van der Waals surface area contributed by atoms with Crippen molar-refractivity contribution in [3.63, 3.8) is 0 Å². The number of nitrogens with one attached hydrogen (secondary N) is 1. The van der Waals surface area contributed by atoms with Crippen molar-refractivity contribution in [2.75, 3.05) is 46.3 Å². The zero-order valence-electron chi connectivity index (χ0n) is 18.1. The van der Waals surface area contributed by atoms with E-state index < -0.39 is 0 Å². The van der Waals surface area contributed by atoms with Crippen molar-refractivity contribution in [3.8, 4) is 0 Å². The van der Waals surface area contributed by atoms with Crippen LogP contribution in [0.1, 0.15) is 37.7 Å². The molecule has 0 saturated carbocycles. The second-order valence-corrected chi connectivity index (χ2v) is 7.99. The molecule has 0 bridgehead atoms. The number of likely N-dealkylation sites (tertiary alicyclic amines) is 1. The fraction of sp³-hybridized carbons (Fsp3) is 0.565. The van der Waals surface area contributed by atoms with Gasteiger partial charge in [0.25, 0.3) is 0 Å². The highest BCUT2D eigenvalue weighted by molar-refractivity contribution is 14.0. The number of nitrogens with two attached hydrogens (primary N) is 1. The molecule has 1 saturated heterocycles. The van der Waals surface area contributed by atoms with Gasteiger partial charge in [0.15, 0.2) is 5.96 Å². The second-order valence-electron chi connectivity index (χ2n) is 7.99. The number of carbonyl (C=O) groups excluding carboxylic acids is 1. The lowest BCUT2D eigenvalue weighted by molar-refractivity contribution is -0.123. The number of primary amides is 1. The maximum Gasteiger partial charge on any atom is 0.220 e. The zero-order chi connectivity index (χ0) is 20.5. The molecule has 0 aliphatic carbocycles. The minimum absolute atomic E-state index is 0. The van der Waals surface area contributed by atoms with Crippen LogP contribution in [-0.2, 0) is 4.79 Å². The summed E-state index contributed by atoms with van der Waals surface area (Å²) in [6.45, 7) is 5.92. The van der Waals surface area contributed by atoms with Gasteiger partial charge in [-0.15, -0.1) is 24.0 Å². The smallest absolute Gasteiger partial charge is 0.220 e. The largest absolute Gasteiger partial charge is 0.369 e. The number of carbonyl (C=O) groups is 1. The molecule has 3 N–H and O–H groups in total. The third-order valence-electron chi connectivity index (χ3n) is 6.04. The van der Waals surface area contributed by atoms with Crippen LogP contribution in [0.15, 0.2) is 41.4 Å². The number of hydrogen-bond donors (Lipinski definition) is 2. The van der Waals surface area contributed by atoms with Crippen molar-refractivity contribution in [2.24, 2.45) is 16.6 Å². The SMILES string of the molecule is CN=C(NCCCCN1CCC(C(N)=O)CC1)N1CC=C(c2ccccc2)CC1.I. The first-order valence-corrected chi connectivity index (χ1v) is 10.9. The molecular weight excluding hydrogens is 489 g/mol. The molecule has 0 radical (unpaired) electrons. The standard InChI is InChI=1S/C23H35N5O.HI/c1-25-23(28-17-11-20(12-18-28)19-7-3-2-4-8-19)26-13-5-6-14-27-15-9-21(10-16-27)22(24)29;/h2-4,7-8,11,21H,5-6,9-10,12-18H2,1H3,(H2,24,29)(H,25,26);1H. The molecule has 2 aliphatic rings. The third-order valence-corrected chi connectivity index (χ3v) is 6.04. The van der Waals surface area contributed by atoms with Crippen molar-refractivity contribution in [1.82, 2.24) is 15.1 Å². The molecule has 2 aliphatic heterocycles. The van der Waals surface area contributed by atoms with E-state index in [4.69, 9.17) is 5.73 Å². The van der Waals surface area contributed by atoms with Crippen LogP contribution < -0.4 is 11.1 Å². The molecule has 0 spiro atoms. The Morgan fingerprint density at radius 1 is 1.17 bits per heavy atom. The molecule has 7 heteroatoms. The normalized spacial score (nSPS) is 18.5. The molecule has 2 heterocycles. The van der Waals surface area contributed by atoms with Crippen LogP contribution in [0.25, 0.3) is 5.57 Å². The van der Waals surface area contributed by atoms with E-state index in [1.807, 2.05) is 7.05 Å². The molecule has 1 aromatic rings. The van der Waals surface area contributed by atoms with Gasteiger partial charge in [-0.25, -0.2) is 0 Å². The van der Waals surface area contributed by atoms with E-state index in [1.165, 1.54) is 11.1 Å². The van der Waals surface area contributed by atoms with Gasteiger partial charge >= 0.3 is 0 Å². The number of hydrogen-bond acceptors (Lipinski definition) is 3. The predicted molar refractivity (Wildman–Crippen MR) is 135 cm³/mol. The van der Waals surface area contributed by atoms with Gasteiger partial charge < -0.3 is 20.9 Å². The van der Waals surface area contributed by atoms with Gasteiger partial charge in [0.1, 0.15) is 0 Å². The van der Waals surface area contributed by atoms with Gasteiger partial charge in [-0.3, -0.25) is 9.79 Å². The number of unbranched alkanes of at least 4 members (excludes halogenated alkanes) is 1. The van der Waals surface area contributed by atoms with E-state index in [0.717, 1.165) is 77.3 Å². The Morgan fingerprint density at radius 2 is 1.90 bits per heavy atom. The number of halogens is 1. The quantitative estimate of drug-likeness (QED) is 0.249. The first-order valence-electron chi connectivity index (χ1n) is 10.9. The molecule has 3 rings (SSSR count). The van der Waals surface area contributed by atoms with Crippen molar-refractivity contribution < 1.29 is 4.79 Å². The average Bonchev–Trinajstić information content (AvgIpc) is 2.77. The van der Waals surface area contributed by atoms with Gasteiger partial charge in [-0.2, -0.15) is 0 Å². The molecule has 0 unspecified atom stereocenters. The van der Waals surface area contributed by atoms with Crippen molar-refractivity contribution in [2.45, 2.75) is 32.1 Å². The van der Waals surface area contributed by atoms with Gasteiger partial charge in [-0.1, -0.05) is 36.4 Å². The fourth-order valence-corrected chi connectivity index (χ4v) is 4.21. The van der Waals surface area contributed by atoms with E-state index in [1.54, 1.807) is 0 Å². The van der Waals surface area contributed by atoms with E-state index >= 15 is 0 Å². The predicted octanol–water partition coefficient (Wildman–Crippen LogP) is 2.95. The number of aliphatic imine (C=N–C) groups is 1. The highest BCUT2D eigenvalue weighted by Gasteiger charge is 2.22. The van der Waals surface area contributed by atoms with Gasteiger partial charge in [0.2, 0.25) is 5.91 Å². The second kappa shape index (κ2) is 12.9. The van der Waals surface area contributed by atoms with E-state index in [9.17, 15) is 4.79 Å². The summed E-state index contributed by atoms with van der Waals surface area (Å²) in [5.74, 6) is 0.941. The summed E-state index contributed by atoms with van der Waals surface area (Å²) in [4.78, 5) is 20.5. The summed E-state index contributed by atoms with van der Waals surface area (Å²) < 4.78 is 0.